The summed E-state index contributed by atoms with van der Waals surface area (Å²) < 4.78 is 19.8. The number of carbonyl (C=O) groups excluding carboxylic acids is 1. The zero-order chi connectivity index (χ0) is 26.3. The van der Waals surface area contributed by atoms with Crippen molar-refractivity contribution in [3.63, 3.8) is 0 Å². The van der Waals surface area contributed by atoms with Crippen molar-refractivity contribution in [1.82, 2.24) is 0 Å². The van der Waals surface area contributed by atoms with E-state index in [0.717, 1.165) is 37.9 Å². The number of fused-ring (bicyclic) bond motifs is 4. The molecule has 1 aliphatic heterocycles. The fraction of sp³-hybridized carbons (Fsp3) is 0.516. The van der Waals surface area contributed by atoms with Crippen molar-refractivity contribution >= 4 is 33.0 Å². The van der Waals surface area contributed by atoms with Gasteiger partial charge in [0.05, 0.1) is 6.10 Å². The Bertz CT molecular complexity index is 1100. The number of benzene rings is 2. The summed E-state index contributed by atoms with van der Waals surface area (Å²) in [6, 6.07) is 21.6. The molecule has 0 radical (unpaired) electrons. The summed E-state index contributed by atoms with van der Waals surface area (Å²) >= 11 is 0. The van der Waals surface area contributed by atoms with Crippen molar-refractivity contribution in [2.45, 2.75) is 77.1 Å². The second kappa shape index (κ2) is 10.4. The highest BCUT2D eigenvalue weighted by Gasteiger charge is 2.50. The van der Waals surface area contributed by atoms with Gasteiger partial charge < -0.3 is 13.3 Å². The summed E-state index contributed by atoms with van der Waals surface area (Å²) in [6.45, 7) is 12.6. The molecule has 0 amide bonds. The lowest BCUT2D eigenvalue weighted by Gasteiger charge is -2.43. The molecule has 0 spiro atoms. The molecule has 5 rings (SSSR count). The van der Waals surface area contributed by atoms with Gasteiger partial charge in [0.15, 0.2) is 5.78 Å². The second-order valence-corrected chi connectivity index (χ2v) is 20.2. The van der Waals surface area contributed by atoms with Crippen LogP contribution < -0.4 is 10.4 Å². The molecule has 1 saturated heterocycles. The molecule has 3 atom stereocenters. The van der Waals surface area contributed by atoms with E-state index < -0.39 is 16.9 Å². The van der Waals surface area contributed by atoms with Gasteiger partial charge in [-0.1, -0.05) is 81.4 Å². The lowest BCUT2D eigenvalue weighted by atomic mass is 9.77. The third kappa shape index (κ3) is 5.24. The first-order valence-corrected chi connectivity index (χ1v) is 18.7. The first kappa shape index (κ1) is 26.8. The van der Waals surface area contributed by atoms with E-state index in [9.17, 15) is 4.79 Å². The minimum Gasteiger partial charge on any atom is -0.407 e. The predicted molar refractivity (Wildman–Crippen MR) is 154 cm³/mol. The number of hydrogen-bond acceptors (Lipinski definition) is 4. The average molecular weight is 535 g/mol. The van der Waals surface area contributed by atoms with Crippen LogP contribution in [0.25, 0.3) is 0 Å². The fourth-order valence-corrected chi connectivity index (χ4v) is 13.1. The van der Waals surface area contributed by atoms with Crippen LogP contribution in [0.5, 0.6) is 0 Å². The van der Waals surface area contributed by atoms with Gasteiger partial charge in [0.1, 0.15) is 0 Å². The molecule has 37 heavy (non-hydrogen) atoms. The lowest BCUT2D eigenvalue weighted by Crippen LogP contribution is -2.66. The van der Waals surface area contributed by atoms with Crippen LogP contribution in [-0.2, 0) is 18.1 Å². The van der Waals surface area contributed by atoms with Crippen LogP contribution in [0.1, 0.15) is 52.9 Å². The van der Waals surface area contributed by atoms with E-state index >= 15 is 0 Å². The number of hydrogen-bond donors (Lipinski definition) is 0. The van der Waals surface area contributed by atoms with Gasteiger partial charge in [-0.25, -0.2) is 0 Å². The molecule has 2 aromatic rings. The first-order valence-electron chi connectivity index (χ1n) is 13.9. The van der Waals surface area contributed by atoms with Crippen LogP contribution in [0.15, 0.2) is 71.8 Å². The Morgan fingerprint density at radius 2 is 1.59 bits per heavy atom. The summed E-state index contributed by atoms with van der Waals surface area (Å²) in [5, 5.41) is 2.55. The number of ketones is 1. The molecule has 2 aliphatic carbocycles. The molecule has 4 nitrogen and oxygen atoms in total. The summed E-state index contributed by atoms with van der Waals surface area (Å²) in [6.07, 6.45) is 4.39. The molecule has 198 valence electrons. The van der Waals surface area contributed by atoms with Gasteiger partial charge in [-0.05, 0) is 77.2 Å². The Labute approximate surface area is 224 Å². The van der Waals surface area contributed by atoms with Crippen LogP contribution in [0.2, 0.25) is 18.1 Å². The van der Waals surface area contributed by atoms with Crippen molar-refractivity contribution in [2.24, 2.45) is 11.8 Å². The molecule has 2 fully saturated rings. The molecule has 1 saturated carbocycles. The predicted octanol–water partition coefficient (Wildman–Crippen LogP) is 5.76. The standard InChI is InChI=1S/C31H42O4Si2/c1-31(2,3)37(25-13-8-6-9-14-25,26-15-10-7-11-16-26)33-18-12-17-27-28(32)21-24-19-23-20-29(30(24)27)35-36(4,5)34-22-23/h6-11,13-16,23-24,29H,12,17-22H2,1-5H3. The minimum absolute atomic E-state index is 0.0470. The van der Waals surface area contributed by atoms with E-state index in [2.05, 4.69) is 94.5 Å². The van der Waals surface area contributed by atoms with E-state index in [4.69, 9.17) is 13.3 Å². The minimum atomic E-state index is -2.56. The normalized spacial score (nSPS) is 25.6. The molecule has 0 aromatic heterocycles. The van der Waals surface area contributed by atoms with Gasteiger partial charge in [-0.15, -0.1) is 0 Å². The van der Waals surface area contributed by atoms with E-state index in [-0.39, 0.29) is 11.1 Å². The maximum Gasteiger partial charge on any atom is 0.332 e. The van der Waals surface area contributed by atoms with Gasteiger partial charge in [0, 0.05) is 19.6 Å². The highest BCUT2D eigenvalue weighted by atomic mass is 28.4. The van der Waals surface area contributed by atoms with Crippen molar-refractivity contribution in [3.8, 4) is 0 Å². The summed E-state index contributed by atoms with van der Waals surface area (Å²) in [5.74, 6) is 1.19. The van der Waals surface area contributed by atoms with Crippen molar-refractivity contribution in [1.29, 1.82) is 0 Å². The molecule has 3 unspecified atom stereocenters. The summed E-state index contributed by atoms with van der Waals surface area (Å²) in [5.41, 5.74) is 2.34. The van der Waals surface area contributed by atoms with E-state index in [0.29, 0.717) is 30.6 Å². The highest BCUT2D eigenvalue weighted by molar-refractivity contribution is 6.99. The molecule has 0 N–H and O–H groups in total. The van der Waals surface area contributed by atoms with Gasteiger partial charge in [-0.3, -0.25) is 4.79 Å². The topological polar surface area (TPSA) is 44.8 Å². The van der Waals surface area contributed by atoms with E-state index in [1.54, 1.807) is 0 Å². The quantitative estimate of drug-likeness (QED) is 0.335. The second-order valence-electron chi connectivity index (χ2n) is 12.5. The van der Waals surface area contributed by atoms with Crippen molar-refractivity contribution < 1.29 is 18.1 Å². The maximum absolute atomic E-state index is 13.2. The Balaban J connectivity index is 1.38. The molecule has 3 aliphatic rings. The molecule has 1 heterocycles. The van der Waals surface area contributed by atoms with Gasteiger partial charge >= 0.3 is 8.56 Å². The number of Topliss-reactive ketones (excluding diaryl/α,β-unsaturated/α-hetero) is 1. The largest absolute Gasteiger partial charge is 0.407 e. The van der Waals surface area contributed by atoms with Crippen LogP contribution in [0, 0.1) is 11.8 Å². The Hall–Kier alpha value is -1.84. The fourth-order valence-electron chi connectivity index (χ4n) is 6.92. The number of carbonyl (C=O) groups is 1. The molecule has 6 heteroatoms. The average Bonchev–Trinajstić information content (AvgIpc) is 3.11. The smallest absolute Gasteiger partial charge is 0.332 e. The zero-order valence-corrected chi connectivity index (χ0v) is 25.1. The monoisotopic (exact) mass is 534 g/mol. The highest BCUT2D eigenvalue weighted by Crippen LogP contribution is 2.47. The van der Waals surface area contributed by atoms with Crippen LogP contribution in [0.3, 0.4) is 0 Å². The SMILES string of the molecule is CC(C)(C)[Si](OCCCC1=C2C(CC1=O)CC1CO[Si](C)(C)OC2C1)(c1ccccc1)c1ccccc1. The first-order chi connectivity index (χ1) is 17.6. The lowest BCUT2D eigenvalue weighted by molar-refractivity contribution is -0.115. The molecule has 2 aromatic carbocycles. The van der Waals surface area contributed by atoms with Gasteiger partial charge in [0.25, 0.3) is 8.32 Å². The summed E-state index contributed by atoms with van der Waals surface area (Å²) in [7, 11) is -4.72. The van der Waals surface area contributed by atoms with Gasteiger partial charge in [-0.2, -0.15) is 0 Å². The molecular formula is C31H42O4Si2. The third-order valence-electron chi connectivity index (χ3n) is 8.47. The third-order valence-corrected chi connectivity index (χ3v) is 15.2. The van der Waals surface area contributed by atoms with E-state index in [1.165, 1.54) is 15.9 Å². The molecular weight excluding hydrogens is 493 g/mol. The zero-order valence-electron chi connectivity index (χ0n) is 23.1. The molecule has 2 bridgehead atoms. The van der Waals surface area contributed by atoms with Crippen LogP contribution in [-0.4, -0.2) is 42.0 Å². The maximum atomic E-state index is 13.2. The Morgan fingerprint density at radius 1 is 0.973 bits per heavy atom. The summed E-state index contributed by atoms with van der Waals surface area (Å²) in [4.78, 5) is 13.2. The van der Waals surface area contributed by atoms with Crippen molar-refractivity contribution in [3.05, 3.63) is 71.8 Å². The van der Waals surface area contributed by atoms with Crippen molar-refractivity contribution in [2.75, 3.05) is 13.2 Å². The van der Waals surface area contributed by atoms with Crippen LogP contribution >= 0.6 is 0 Å². The number of rotatable bonds is 7. The van der Waals surface area contributed by atoms with E-state index in [1.807, 2.05) is 0 Å². The number of allylic oxidation sites excluding steroid dienone is 1. The Kier molecular flexibility index (Phi) is 7.51. The Morgan fingerprint density at radius 3 is 2.19 bits per heavy atom. The van der Waals surface area contributed by atoms with Gasteiger partial charge in [0.2, 0.25) is 0 Å². The van der Waals surface area contributed by atoms with Crippen LogP contribution in [0.4, 0.5) is 0 Å².